The van der Waals surface area contributed by atoms with Crippen LogP contribution in [0.15, 0.2) is 165 Å². The van der Waals surface area contributed by atoms with E-state index in [0.29, 0.717) is 0 Å². The SMILES string of the molecule is [Cl-].[Cl-].[Cl-].c1ccc(C[n+]2ccc(CCP(CCc3cc[n+](Cc4ccccc4)cc3)CCc3cc[n+](Cc4ccccc4)cc3)cc2)cc1. The minimum atomic E-state index is -0.0944. The smallest absolute Gasteiger partial charge is 0.173 e. The maximum atomic E-state index is 2.32. The van der Waals surface area contributed by atoms with Crippen molar-refractivity contribution >= 4 is 7.92 Å². The van der Waals surface area contributed by atoms with Gasteiger partial charge in [-0.05, 0) is 54.4 Å². The molecule has 6 aromatic rings. The van der Waals surface area contributed by atoms with E-state index in [1.165, 1.54) is 51.9 Å². The summed E-state index contributed by atoms with van der Waals surface area (Å²) in [5.41, 5.74) is 8.34. The molecule has 0 bridgehead atoms. The van der Waals surface area contributed by atoms with Gasteiger partial charge in [0.1, 0.15) is 0 Å². The molecule has 0 fully saturated rings. The van der Waals surface area contributed by atoms with Crippen LogP contribution in [0.3, 0.4) is 0 Å². The quantitative estimate of drug-likeness (QED) is 0.0877. The molecule has 3 aromatic carbocycles. The molecule has 3 heterocycles. The Kier molecular flexibility index (Phi) is 17.5. The number of hydrogen-bond donors (Lipinski definition) is 0. The van der Waals surface area contributed by atoms with Gasteiger partial charge in [-0.1, -0.05) is 91.0 Å². The van der Waals surface area contributed by atoms with Gasteiger partial charge in [-0.2, -0.15) is 0 Å². The van der Waals surface area contributed by atoms with Gasteiger partial charge in [0.2, 0.25) is 0 Å². The van der Waals surface area contributed by atoms with E-state index in [0.717, 1.165) is 38.9 Å². The Labute approximate surface area is 312 Å². The molecule has 0 spiro atoms. The van der Waals surface area contributed by atoms with Gasteiger partial charge in [0.15, 0.2) is 56.8 Å². The van der Waals surface area contributed by atoms with Crippen LogP contribution in [-0.4, -0.2) is 18.5 Å². The largest absolute Gasteiger partial charge is 1.00 e. The van der Waals surface area contributed by atoms with Gasteiger partial charge in [-0.25, -0.2) is 13.7 Å². The van der Waals surface area contributed by atoms with Crippen LogP contribution in [0.4, 0.5) is 0 Å². The van der Waals surface area contributed by atoms with Crippen molar-refractivity contribution in [2.24, 2.45) is 0 Å². The van der Waals surface area contributed by atoms with E-state index >= 15 is 0 Å². The first-order valence-corrected chi connectivity index (χ1v) is 18.4. The second-order valence-electron chi connectivity index (χ2n) is 12.2. The minimum Gasteiger partial charge on any atom is -1.00 e. The third kappa shape index (κ3) is 13.3. The Morgan fingerprint density at radius 1 is 0.306 bits per heavy atom. The third-order valence-electron chi connectivity index (χ3n) is 8.65. The Bertz CT molecular complexity index is 1530. The fourth-order valence-corrected chi connectivity index (χ4v) is 8.25. The number of benzene rings is 3. The van der Waals surface area contributed by atoms with Crippen LogP contribution < -0.4 is 50.9 Å². The summed E-state index contributed by atoms with van der Waals surface area (Å²) in [7, 11) is -0.0944. The number of nitrogens with zero attached hydrogens (tertiary/aromatic N) is 3. The Morgan fingerprint density at radius 3 is 0.796 bits per heavy atom. The van der Waals surface area contributed by atoms with Crippen LogP contribution in [0.5, 0.6) is 0 Å². The van der Waals surface area contributed by atoms with Crippen molar-refractivity contribution in [3.63, 3.8) is 0 Å². The number of aromatic nitrogens is 3. The molecule has 0 aliphatic carbocycles. The number of aryl methyl sites for hydroxylation is 3. The van der Waals surface area contributed by atoms with Crippen molar-refractivity contribution in [1.82, 2.24) is 0 Å². The summed E-state index contributed by atoms with van der Waals surface area (Å²) in [6.45, 7) is 2.75. The minimum absolute atomic E-state index is 0. The lowest BCUT2D eigenvalue weighted by molar-refractivity contribution is -0.688. The molecule has 0 N–H and O–H groups in total. The first kappa shape index (κ1) is 39.8. The molecular weight excluding hydrogens is 684 g/mol. The molecule has 0 aliphatic heterocycles. The third-order valence-corrected chi connectivity index (χ3v) is 11.2. The number of halogens is 3. The highest BCUT2D eigenvalue weighted by Crippen LogP contribution is 2.37. The zero-order valence-corrected chi connectivity index (χ0v) is 31.0. The van der Waals surface area contributed by atoms with Gasteiger partial charge in [-0.3, -0.25) is 0 Å². The lowest BCUT2D eigenvalue weighted by Crippen LogP contribution is -3.00. The number of hydrogen-bond acceptors (Lipinski definition) is 0. The van der Waals surface area contributed by atoms with Gasteiger partial charge in [0.05, 0.1) is 0 Å². The van der Waals surface area contributed by atoms with Gasteiger partial charge in [-0.15, -0.1) is 7.92 Å². The highest BCUT2D eigenvalue weighted by Gasteiger charge is 2.13. The predicted octanol–water partition coefficient (Wildman–Crippen LogP) is -1.78. The normalized spacial score (nSPS) is 10.5. The van der Waals surface area contributed by atoms with Crippen LogP contribution >= 0.6 is 7.92 Å². The summed E-state index contributed by atoms with van der Waals surface area (Å²) >= 11 is 0. The Morgan fingerprint density at radius 2 is 0.551 bits per heavy atom. The fraction of sp³-hybridized carbons (Fsp3) is 0.214. The van der Waals surface area contributed by atoms with Crippen molar-refractivity contribution in [2.45, 2.75) is 38.9 Å². The van der Waals surface area contributed by atoms with Crippen LogP contribution in [0.2, 0.25) is 0 Å². The topological polar surface area (TPSA) is 11.6 Å². The van der Waals surface area contributed by atoms with E-state index in [2.05, 4.69) is 178 Å². The van der Waals surface area contributed by atoms with E-state index in [4.69, 9.17) is 0 Å². The van der Waals surface area contributed by atoms with Crippen molar-refractivity contribution < 1.29 is 50.9 Å². The number of pyridine rings is 3. The first-order chi connectivity index (χ1) is 22.7. The molecule has 254 valence electrons. The summed E-state index contributed by atoms with van der Waals surface area (Å²) in [5.74, 6) is 0. The molecule has 3 aromatic heterocycles. The fourth-order valence-electron chi connectivity index (χ4n) is 5.86. The maximum absolute atomic E-state index is 2.32. The number of rotatable bonds is 15. The molecule has 6 rings (SSSR count). The second kappa shape index (κ2) is 21.5. The molecular formula is C42H45Cl3N3P. The van der Waals surface area contributed by atoms with E-state index < -0.39 is 0 Å². The molecule has 0 atom stereocenters. The van der Waals surface area contributed by atoms with E-state index in [9.17, 15) is 0 Å². The highest BCUT2D eigenvalue weighted by atomic mass is 35.5. The van der Waals surface area contributed by atoms with Crippen LogP contribution in [-0.2, 0) is 38.9 Å². The van der Waals surface area contributed by atoms with Crippen molar-refractivity contribution in [1.29, 1.82) is 0 Å². The highest BCUT2D eigenvalue weighted by molar-refractivity contribution is 7.57. The average Bonchev–Trinajstić information content (AvgIpc) is 3.11. The summed E-state index contributed by atoms with van der Waals surface area (Å²) < 4.78 is 6.84. The summed E-state index contributed by atoms with van der Waals surface area (Å²) in [6.07, 6.45) is 20.7. The van der Waals surface area contributed by atoms with Crippen LogP contribution in [0.1, 0.15) is 33.4 Å². The summed E-state index contributed by atoms with van der Waals surface area (Å²) in [6, 6.07) is 46.0. The Balaban J connectivity index is 0.00000217. The van der Waals surface area contributed by atoms with Gasteiger partial charge < -0.3 is 37.2 Å². The predicted molar refractivity (Wildman–Crippen MR) is 189 cm³/mol. The molecule has 0 aliphatic rings. The molecule has 0 radical (unpaired) electrons. The molecule has 0 amide bonds. The Hall–Kier alpha value is -3.59. The summed E-state index contributed by atoms with van der Waals surface area (Å²) in [5, 5.41) is 0. The molecule has 49 heavy (non-hydrogen) atoms. The van der Waals surface area contributed by atoms with Crippen molar-refractivity contribution in [3.05, 3.63) is 198 Å². The summed E-state index contributed by atoms with van der Waals surface area (Å²) in [4.78, 5) is 0. The molecule has 3 nitrogen and oxygen atoms in total. The molecule has 0 unspecified atom stereocenters. The maximum Gasteiger partial charge on any atom is 0.173 e. The van der Waals surface area contributed by atoms with Gasteiger partial charge in [0, 0.05) is 53.1 Å². The monoisotopic (exact) mass is 727 g/mol. The van der Waals surface area contributed by atoms with Gasteiger partial charge >= 0.3 is 0 Å². The zero-order valence-electron chi connectivity index (χ0n) is 27.9. The van der Waals surface area contributed by atoms with Crippen molar-refractivity contribution in [2.75, 3.05) is 18.5 Å². The average molecular weight is 729 g/mol. The lowest BCUT2D eigenvalue weighted by atomic mass is 10.2. The van der Waals surface area contributed by atoms with Crippen LogP contribution in [0.25, 0.3) is 0 Å². The van der Waals surface area contributed by atoms with Crippen molar-refractivity contribution in [3.8, 4) is 0 Å². The first-order valence-electron chi connectivity index (χ1n) is 16.5. The van der Waals surface area contributed by atoms with E-state index in [1.54, 1.807) is 0 Å². The van der Waals surface area contributed by atoms with Gasteiger partial charge in [0.25, 0.3) is 0 Å². The standard InChI is InChI=1S/C42H45N3P.3ClH/c1-4-10-40(11-5-1)34-43-25-16-37(17-26-43)22-31-46(32-23-38-18-27-44(28-19-38)35-41-12-6-2-7-13-41)33-24-39-20-29-45(30-21-39)36-42-14-8-3-9-15-42;;;/h1-21,25-30H,22-24,31-36H2;3*1H/q+3;;;/p-3. The van der Waals surface area contributed by atoms with E-state index in [-0.39, 0.29) is 45.1 Å². The molecule has 7 heteroatoms. The molecule has 0 saturated heterocycles. The zero-order chi connectivity index (χ0) is 31.2. The van der Waals surface area contributed by atoms with Crippen LogP contribution in [0, 0.1) is 0 Å². The second-order valence-corrected chi connectivity index (χ2v) is 14.9. The van der Waals surface area contributed by atoms with E-state index in [1.807, 2.05) is 0 Å². The lowest BCUT2D eigenvalue weighted by Gasteiger charge is -2.18. The molecule has 0 saturated carbocycles.